The number of nitrogens with zero attached hydrogens (tertiary/aromatic N) is 1. The lowest BCUT2D eigenvalue weighted by Gasteiger charge is -2.08. The summed E-state index contributed by atoms with van der Waals surface area (Å²) in [7, 11) is 0. The van der Waals surface area contributed by atoms with E-state index in [1.807, 2.05) is 25.1 Å². The van der Waals surface area contributed by atoms with Crippen molar-refractivity contribution in [3.05, 3.63) is 63.0 Å². The van der Waals surface area contributed by atoms with Gasteiger partial charge in [0.05, 0.1) is 6.54 Å². The third kappa shape index (κ3) is 2.50. The first-order valence-electron chi connectivity index (χ1n) is 5.28. The van der Waals surface area contributed by atoms with Crippen molar-refractivity contribution in [3.8, 4) is 0 Å². The highest BCUT2D eigenvalue weighted by atomic mass is 35.5. The minimum atomic E-state index is -0.153. The van der Waals surface area contributed by atoms with Crippen molar-refractivity contribution < 1.29 is 0 Å². The number of pyridine rings is 1. The van der Waals surface area contributed by atoms with E-state index in [0.717, 1.165) is 11.1 Å². The molecular formula is C13H13ClN2O. The van der Waals surface area contributed by atoms with Gasteiger partial charge in [-0.3, -0.25) is 4.79 Å². The summed E-state index contributed by atoms with van der Waals surface area (Å²) in [5, 5.41) is 0.685. The van der Waals surface area contributed by atoms with Gasteiger partial charge in [0.1, 0.15) is 5.69 Å². The van der Waals surface area contributed by atoms with Gasteiger partial charge in [-0.05, 0) is 36.2 Å². The number of nitrogen functional groups attached to an aromatic ring is 1. The second-order valence-electron chi connectivity index (χ2n) is 3.97. The summed E-state index contributed by atoms with van der Waals surface area (Å²) in [6, 6.07) is 9.24. The number of aryl methyl sites for hydroxylation is 1. The molecule has 0 fully saturated rings. The van der Waals surface area contributed by atoms with Crippen molar-refractivity contribution in [3.63, 3.8) is 0 Å². The molecule has 1 aromatic carbocycles. The number of rotatable bonds is 2. The lowest BCUT2D eigenvalue weighted by atomic mass is 10.2. The van der Waals surface area contributed by atoms with Crippen LogP contribution in [0, 0.1) is 6.92 Å². The van der Waals surface area contributed by atoms with Crippen molar-refractivity contribution in [2.24, 2.45) is 0 Å². The Morgan fingerprint density at radius 2 is 1.88 bits per heavy atom. The highest BCUT2D eigenvalue weighted by Crippen LogP contribution is 2.11. The Labute approximate surface area is 104 Å². The van der Waals surface area contributed by atoms with Crippen LogP contribution in [0.5, 0.6) is 0 Å². The van der Waals surface area contributed by atoms with Crippen LogP contribution in [0.4, 0.5) is 5.69 Å². The van der Waals surface area contributed by atoms with Crippen molar-refractivity contribution in [2.75, 3.05) is 5.73 Å². The van der Waals surface area contributed by atoms with Gasteiger partial charge < -0.3 is 10.3 Å². The Morgan fingerprint density at radius 1 is 1.24 bits per heavy atom. The number of aromatic nitrogens is 1. The summed E-state index contributed by atoms with van der Waals surface area (Å²) >= 11 is 5.80. The third-order valence-corrected chi connectivity index (χ3v) is 2.94. The highest BCUT2D eigenvalue weighted by Gasteiger charge is 2.03. The number of hydrogen-bond acceptors (Lipinski definition) is 2. The molecule has 2 rings (SSSR count). The van der Waals surface area contributed by atoms with Crippen LogP contribution in [0.25, 0.3) is 0 Å². The molecule has 4 heteroatoms. The quantitative estimate of drug-likeness (QED) is 0.888. The third-order valence-electron chi connectivity index (χ3n) is 2.69. The smallest absolute Gasteiger partial charge is 0.274 e. The maximum absolute atomic E-state index is 11.9. The van der Waals surface area contributed by atoms with E-state index in [2.05, 4.69) is 0 Å². The molecule has 2 N–H and O–H groups in total. The fourth-order valence-electron chi connectivity index (χ4n) is 1.59. The largest absolute Gasteiger partial charge is 0.394 e. The Kier molecular flexibility index (Phi) is 3.20. The minimum absolute atomic E-state index is 0.153. The van der Waals surface area contributed by atoms with Gasteiger partial charge in [0.25, 0.3) is 5.56 Å². The van der Waals surface area contributed by atoms with E-state index in [1.54, 1.807) is 22.9 Å². The van der Waals surface area contributed by atoms with Gasteiger partial charge in [-0.15, -0.1) is 0 Å². The molecule has 0 amide bonds. The summed E-state index contributed by atoms with van der Waals surface area (Å²) in [6.45, 7) is 2.32. The van der Waals surface area contributed by atoms with Gasteiger partial charge in [-0.1, -0.05) is 23.7 Å². The predicted molar refractivity (Wildman–Crippen MR) is 70.4 cm³/mol. The maximum Gasteiger partial charge on any atom is 0.274 e. The SMILES string of the molecule is Cc1ccn(Cc2ccc(Cl)cc2)c(=O)c1N. The van der Waals surface area contributed by atoms with E-state index in [1.165, 1.54) is 0 Å². The van der Waals surface area contributed by atoms with E-state index >= 15 is 0 Å². The minimum Gasteiger partial charge on any atom is -0.394 e. The molecule has 0 bridgehead atoms. The zero-order valence-corrected chi connectivity index (χ0v) is 10.2. The van der Waals surface area contributed by atoms with Crippen molar-refractivity contribution in [1.29, 1.82) is 0 Å². The normalized spacial score (nSPS) is 10.5. The van der Waals surface area contributed by atoms with E-state index in [-0.39, 0.29) is 5.56 Å². The summed E-state index contributed by atoms with van der Waals surface area (Å²) in [5.41, 5.74) is 7.68. The van der Waals surface area contributed by atoms with Crippen LogP contribution in [-0.4, -0.2) is 4.57 Å². The van der Waals surface area contributed by atoms with E-state index < -0.39 is 0 Å². The molecule has 0 aliphatic carbocycles. The zero-order chi connectivity index (χ0) is 12.4. The second kappa shape index (κ2) is 4.63. The molecule has 88 valence electrons. The van der Waals surface area contributed by atoms with Gasteiger partial charge >= 0.3 is 0 Å². The Hall–Kier alpha value is -1.74. The molecule has 0 spiro atoms. The summed E-state index contributed by atoms with van der Waals surface area (Å²) in [6.07, 6.45) is 1.75. The monoisotopic (exact) mass is 248 g/mol. The van der Waals surface area contributed by atoms with Crippen LogP contribution in [0.3, 0.4) is 0 Å². The molecule has 0 aliphatic rings. The number of benzene rings is 1. The molecular weight excluding hydrogens is 236 g/mol. The molecule has 1 aromatic heterocycles. The standard InChI is InChI=1S/C13H13ClN2O/c1-9-6-7-16(13(17)12(9)15)8-10-2-4-11(14)5-3-10/h2-7H,8,15H2,1H3. The van der Waals surface area contributed by atoms with Gasteiger partial charge in [0.15, 0.2) is 0 Å². The van der Waals surface area contributed by atoms with Gasteiger partial charge in [0, 0.05) is 11.2 Å². The van der Waals surface area contributed by atoms with Crippen LogP contribution in [0.2, 0.25) is 5.02 Å². The predicted octanol–water partition coefficient (Wildman–Crippen LogP) is 2.44. The highest BCUT2D eigenvalue weighted by molar-refractivity contribution is 6.30. The zero-order valence-electron chi connectivity index (χ0n) is 9.48. The van der Waals surface area contributed by atoms with Gasteiger partial charge in [0.2, 0.25) is 0 Å². The van der Waals surface area contributed by atoms with Gasteiger partial charge in [-0.25, -0.2) is 0 Å². The maximum atomic E-state index is 11.9. The average Bonchev–Trinajstić information content (AvgIpc) is 2.33. The summed E-state index contributed by atoms with van der Waals surface area (Å²) in [4.78, 5) is 11.9. The number of anilines is 1. The van der Waals surface area contributed by atoms with Crippen LogP contribution in [0.15, 0.2) is 41.3 Å². The fourth-order valence-corrected chi connectivity index (χ4v) is 1.72. The Morgan fingerprint density at radius 3 is 2.53 bits per heavy atom. The molecule has 0 saturated carbocycles. The molecule has 0 aliphatic heterocycles. The molecule has 3 nitrogen and oxygen atoms in total. The van der Waals surface area contributed by atoms with Crippen LogP contribution < -0.4 is 11.3 Å². The first-order valence-corrected chi connectivity index (χ1v) is 5.65. The first kappa shape index (κ1) is 11.7. The molecule has 1 heterocycles. The van der Waals surface area contributed by atoms with Crippen LogP contribution in [0.1, 0.15) is 11.1 Å². The number of hydrogen-bond donors (Lipinski definition) is 1. The summed E-state index contributed by atoms with van der Waals surface area (Å²) < 4.78 is 1.59. The van der Waals surface area contributed by atoms with Crippen molar-refractivity contribution in [2.45, 2.75) is 13.5 Å². The van der Waals surface area contributed by atoms with Crippen LogP contribution in [-0.2, 0) is 6.54 Å². The topological polar surface area (TPSA) is 48.0 Å². The van der Waals surface area contributed by atoms with Crippen LogP contribution >= 0.6 is 11.6 Å². The average molecular weight is 249 g/mol. The lowest BCUT2D eigenvalue weighted by molar-refractivity contribution is 0.760. The first-order chi connectivity index (χ1) is 8.08. The number of halogens is 1. The van der Waals surface area contributed by atoms with E-state index in [0.29, 0.717) is 17.3 Å². The van der Waals surface area contributed by atoms with Crippen molar-refractivity contribution in [1.82, 2.24) is 4.57 Å². The molecule has 2 aromatic rings. The number of nitrogens with two attached hydrogens (primary N) is 1. The molecule has 0 radical (unpaired) electrons. The molecule has 0 atom stereocenters. The molecule has 0 saturated heterocycles. The Balaban J connectivity index is 2.34. The Bertz CT molecular complexity index is 587. The van der Waals surface area contributed by atoms with E-state index in [9.17, 15) is 4.79 Å². The van der Waals surface area contributed by atoms with E-state index in [4.69, 9.17) is 17.3 Å². The molecule has 17 heavy (non-hydrogen) atoms. The van der Waals surface area contributed by atoms with Crippen molar-refractivity contribution >= 4 is 17.3 Å². The second-order valence-corrected chi connectivity index (χ2v) is 4.41. The fraction of sp³-hybridized carbons (Fsp3) is 0.154. The lowest BCUT2D eigenvalue weighted by Crippen LogP contribution is -2.23. The molecule has 0 unspecified atom stereocenters. The van der Waals surface area contributed by atoms with Gasteiger partial charge in [-0.2, -0.15) is 0 Å². The summed E-state index contributed by atoms with van der Waals surface area (Å²) in [5.74, 6) is 0.